The summed E-state index contributed by atoms with van der Waals surface area (Å²) >= 11 is 0. The van der Waals surface area contributed by atoms with Crippen molar-refractivity contribution in [2.75, 3.05) is 20.1 Å². The van der Waals surface area contributed by atoms with Gasteiger partial charge in [0, 0.05) is 13.1 Å². The fourth-order valence-electron chi connectivity index (χ4n) is 2.00. The molecular formula is C14H21NO3. The molecule has 0 bridgehead atoms. The molecule has 0 heterocycles. The van der Waals surface area contributed by atoms with Gasteiger partial charge in [-0.15, -0.1) is 0 Å². The van der Waals surface area contributed by atoms with E-state index in [1.165, 1.54) is 0 Å². The van der Waals surface area contributed by atoms with Crippen LogP contribution in [0.1, 0.15) is 29.8 Å². The largest absolute Gasteiger partial charge is 0.478 e. The Morgan fingerprint density at radius 2 is 1.94 bits per heavy atom. The van der Waals surface area contributed by atoms with Gasteiger partial charge in [0.05, 0.1) is 11.2 Å². The number of aliphatic hydroxyl groups is 1. The molecule has 18 heavy (non-hydrogen) atoms. The fraction of sp³-hybridized carbons (Fsp3) is 0.500. The molecule has 4 nitrogen and oxygen atoms in total. The molecule has 0 atom stereocenters. The second-order valence-electron chi connectivity index (χ2n) is 5.26. The molecule has 2 N–H and O–H groups in total. The zero-order chi connectivity index (χ0) is 13.8. The molecule has 0 saturated heterocycles. The highest BCUT2D eigenvalue weighted by Crippen LogP contribution is 2.11. The van der Waals surface area contributed by atoms with Gasteiger partial charge in [0.15, 0.2) is 0 Å². The Labute approximate surface area is 108 Å². The van der Waals surface area contributed by atoms with Crippen LogP contribution in [-0.2, 0) is 6.42 Å². The van der Waals surface area contributed by atoms with E-state index < -0.39 is 11.6 Å². The normalized spacial score (nSPS) is 11.8. The second kappa shape index (κ2) is 5.98. The van der Waals surface area contributed by atoms with E-state index in [0.717, 1.165) is 5.56 Å². The first-order chi connectivity index (χ1) is 8.29. The third kappa shape index (κ3) is 4.85. The smallest absolute Gasteiger partial charge is 0.335 e. The second-order valence-corrected chi connectivity index (χ2v) is 5.26. The lowest BCUT2D eigenvalue weighted by molar-refractivity contribution is 0.0448. The number of hydrogen-bond donors (Lipinski definition) is 2. The van der Waals surface area contributed by atoms with Gasteiger partial charge in [-0.25, -0.2) is 4.79 Å². The Morgan fingerprint density at radius 3 is 2.50 bits per heavy atom. The van der Waals surface area contributed by atoms with Gasteiger partial charge in [-0.3, -0.25) is 0 Å². The lowest BCUT2D eigenvalue weighted by atomic mass is 10.0. The van der Waals surface area contributed by atoms with E-state index in [0.29, 0.717) is 25.1 Å². The molecule has 1 rings (SSSR count). The quantitative estimate of drug-likeness (QED) is 0.806. The summed E-state index contributed by atoms with van der Waals surface area (Å²) in [5, 5.41) is 18.8. The first-order valence-electron chi connectivity index (χ1n) is 6.02. The zero-order valence-corrected chi connectivity index (χ0v) is 11.2. The molecule has 1 aromatic rings. The number of carboxylic acids is 1. The fourth-order valence-corrected chi connectivity index (χ4v) is 2.00. The summed E-state index contributed by atoms with van der Waals surface area (Å²) in [4.78, 5) is 13.0. The number of aromatic carboxylic acids is 1. The van der Waals surface area contributed by atoms with E-state index in [1.54, 1.807) is 26.0 Å². The molecule has 100 valence electrons. The molecule has 0 aliphatic carbocycles. The number of benzene rings is 1. The van der Waals surface area contributed by atoms with Crippen LogP contribution in [0.15, 0.2) is 24.3 Å². The zero-order valence-electron chi connectivity index (χ0n) is 11.2. The SMILES string of the molecule is CN(CCc1ccccc1C(=O)O)CC(C)(C)O. The predicted molar refractivity (Wildman–Crippen MR) is 70.9 cm³/mol. The number of carboxylic acid groups (broad SMARTS) is 1. The Kier molecular flexibility index (Phi) is 4.87. The molecule has 0 unspecified atom stereocenters. The van der Waals surface area contributed by atoms with Crippen molar-refractivity contribution in [3.8, 4) is 0 Å². The van der Waals surface area contributed by atoms with Crippen molar-refractivity contribution in [3.63, 3.8) is 0 Å². The van der Waals surface area contributed by atoms with E-state index in [2.05, 4.69) is 0 Å². The van der Waals surface area contributed by atoms with E-state index in [-0.39, 0.29) is 0 Å². The summed E-state index contributed by atoms with van der Waals surface area (Å²) in [6.45, 7) is 4.79. The minimum atomic E-state index is -0.893. The van der Waals surface area contributed by atoms with E-state index in [9.17, 15) is 9.90 Å². The van der Waals surface area contributed by atoms with Gasteiger partial charge in [-0.1, -0.05) is 18.2 Å². The average Bonchev–Trinajstić information content (AvgIpc) is 2.24. The Balaban J connectivity index is 2.61. The number of nitrogens with zero attached hydrogens (tertiary/aromatic N) is 1. The molecule has 0 saturated carbocycles. The molecule has 0 aliphatic rings. The van der Waals surface area contributed by atoms with Crippen LogP contribution in [-0.4, -0.2) is 46.8 Å². The van der Waals surface area contributed by atoms with Crippen LogP contribution >= 0.6 is 0 Å². The lowest BCUT2D eigenvalue weighted by Crippen LogP contribution is -2.37. The highest BCUT2D eigenvalue weighted by molar-refractivity contribution is 5.89. The molecular weight excluding hydrogens is 230 g/mol. The lowest BCUT2D eigenvalue weighted by Gasteiger charge is -2.25. The summed E-state index contributed by atoms with van der Waals surface area (Å²) in [6.07, 6.45) is 0.662. The third-order valence-electron chi connectivity index (χ3n) is 2.67. The topological polar surface area (TPSA) is 60.8 Å². The summed E-state index contributed by atoms with van der Waals surface area (Å²) < 4.78 is 0. The average molecular weight is 251 g/mol. The van der Waals surface area contributed by atoms with Crippen molar-refractivity contribution >= 4 is 5.97 Å². The molecule has 0 aromatic heterocycles. The van der Waals surface area contributed by atoms with Crippen LogP contribution in [0.3, 0.4) is 0 Å². The summed E-state index contributed by atoms with van der Waals surface area (Å²) in [7, 11) is 1.92. The minimum absolute atomic E-state index is 0.356. The Hall–Kier alpha value is -1.39. The number of hydrogen-bond acceptors (Lipinski definition) is 3. The van der Waals surface area contributed by atoms with Gasteiger partial charge in [-0.2, -0.15) is 0 Å². The van der Waals surface area contributed by atoms with E-state index >= 15 is 0 Å². The van der Waals surface area contributed by atoms with Crippen molar-refractivity contribution in [3.05, 3.63) is 35.4 Å². The van der Waals surface area contributed by atoms with Crippen LogP contribution in [0, 0.1) is 0 Å². The van der Waals surface area contributed by atoms with Gasteiger partial charge < -0.3 is 15.1 Å². The first kappa shape index (κ1) is 14.7. The number of rotatable bonds is 6. The van der Waals surface area contributed by atoms with Crippen LogP contribution in [0.4, 0.5) is 0 Å². The predicted octanol–water partition coefficient (Wildman–Crippen LogP) is 1.63. The molecule has 0 radical (unpaired) electrons. The van der Waals surface area contributed by atoms with Crippen LogP contribution in [0.25, 0.3) is 0 Å². The highest BCUT2D eigenvalue weighted by atomic mass is 16.4. The van der Waals surface area contributed by atoms with E-state index in [1.807, 2.05) is 24.1 Å². The van der Waals surface area contributed by atoms with Crippen molar-refractivity contribution in [2.24, 2.45) is 0 Å². The van der Waals surface area contributed by atoms with Crippen LogP contribution < -0.4 is 0 Å². The highest BCUT2D eigenvalue weighted by Gasteiger charge is 2.16. The van der Waals surface area contributed by atoms with Crippen LogP contribution in [0.5, 0.6) is 0 Å². The number of carbonyl (C=O) groups is 1. The number of likely N-dealkylation sites (N-methyl/N-ethyl adjacent to an activating group) is 1. The maximum Gasteiger partial charge on any atom is 0.335 e. The summed E-state index contributed by atoms with van der Waals surface area (Å²) in [5.74, 6) is -0.893. The molecule has 0 aliphatic heterocycles. The molecule has 0 spiro atoms. The van der Waals surface area contributed by atoms with E-state index in [4.69, 9.17) is 5.11 Å². The first-order valence-corrected chi connectivity index (χ1v) is 6.02. The van der Waals surface area contributed by atoms with Gasteiger partial charge >= 0.3 is 5.97 Å². The van der Waals surface area contributed by atoms with Crippen molar-refractivity contribution in [1.82, 2.24) is 4.90 Å². The monoisotopic (exact) mass is 251 g/mol. The Morgan fingerprint density at radius 1 is 1.33 bits per heavy atom. The summed E-state index contributed by atoms with van der Waals surface area (Å²) in [5.41, 5.74) is 0.447. The van der Waals surface area contributed by atoms with Crippen molar-refractivity contribution in [1.29, 1.82) is 0 Å². The molecule has 0 amide bonds. The van der Waals surface area contributed by atoms with Crippen molar-refractivity contribution in [2.45, 2.75) is 25.9 Å². The summed E-state index contributed by atoms with van der Waals surface area (Å²) in [6, 6.07) is 7.03. The standard InChI is InChI=1S/C14H21NO3/c1-14(2,18)10-15(3)9-8-11-6-4-5-7-12(11)13(16)17/h4-7,18H,8-10H2,1-3H3,(H,16,17). The van der Waals surface area contributed by atoms with Crippen molar-refractivity contribution < 1.29 is 15.0 Å². The minimum Gasteiger partial charge on any atom is -0.478 e. The van der Waals surface area contributed by atoms with Crippen LogP contribution in [0.2, 0.25) is 0 Å². The third-order valence-corrected chi connectivity index (χ3v) is 2.67. The van der Waals surface area contributed by atoms with Gasteiger partial charge in [0.1, 0.15) is 0 Å². The molecule has 4 heteroatoms. The maximum atomic E-state index is 11.0. The maximum absolute atomic E-state index is 11.0. The molecule has 0 fully saturated rings. The molecule has 1 aromatic carbocycles. The van der Waals surface area contributed by atoms with Gasteiger partial charge in [-0.05, 0) is 38.9 Å². The van der Waals surface area contributed by atoms with Gasteiger partial charge in [0.2, 0.25) is 0 Å². The van der Waals surface area contributed by atoms with Gasteiger partial charge in [0.25, 0.3) is 0 Å². The Bertz CT molecular complexity index is 410.